The normalized spacial score (nSPS) is 21.2. The molecule has 2 aliphatic rings. The molecule has 0 spiro atoms. The summed E-state index contributed by atoms with van der Waals surface area (Å²) < 4.78 is 33.7. The van der Waals surface area contributed by atoms with E-state index in [1.165, 1.54) is 15.6 Å². The minimum absolute atomic E-state index is 0.0563. The molecule has 0 saturated carbocycles. The van der Waals surface area contributed by atoms with Crippen LogP contribution in [0.4, 0.5) is 5.69 Å². The standard InChI is InChI=1S/C19H25N3O4S2/c20-17-15-11-14(28(24,25)22-8-2-1-3-9-22)6-7-16(15)27-18(17)19(23)21-12-13-5-4-10-26-13/h6-7,11,13H,1-5,8-10,12,20H2,(H,21,23)/t13-/m0/s1. The van der Waals surface area contributed by atoms with Crippen LogP contribution < -0.4 is 11.1 Å². The molecule has 152 valence electrons. The van der Waals surface area contributed by atoms with Gasteiger partial charge in [-0.2, -0.15) is 4.31 Å². The van der Waals surface area contributed by atoms with Crippen molar-refractivity contribution in [2.24, 2.45) is 0 Å². The van der Waals surface area contributed by atoms with Gasteiger partial charge < -0.3 is 15.8 Å². The maximum Gasteiger partial charge on any atom is 0.263 e. The first kappa shape index (κ1) is 19.6. The number of fused-ring (bicyclic) bond motifs is 1. The number of carbonyl (C=O) groups is 1. The van der Waals surface area contributed by atoms with E-state index in [1.54, 1.807) is 18.2 Å². The minimum Gasteiger partial charge on any atom is -0.397 e. The number of hydrogen-bond acceptors (Lipinski definition) is 6. The van der Waals surface area contributed by atoms with Gasteiger partial charge in [-0.25, -0.2) is 8.42 Å². The first-order valence-corrected chi connectivity index (χ1v) is 11.9. The van der Waals surface area contributed by atoms with E-state index in [-0.39, 0.29) is 16.9 Å². The third-order valence-electron chi connectivity index (χ3n) is 5.37. The Bertz CT molecular complexity index is 974. The van der Waals surface area contributed by atoms with Crippen molar-refractivity contribution in [2.45, 2.75) is 43.1 Å². The summed E-state index contributed by atoms with van der Waals surface area (Å²) in [7, 11) is -3.54. The molecule has 3 N–H and O–H groups in total. The number of carbonyl (C=O) groups excluding carboxylic acids is 1. The van der Waals surface area contributed by atoms with E-state index in [4.69, 9.17) is 10.5 Å². The molecule has 0 unspecified atom stereocenters. The smallest absolute Gasteiger partial charge is 0.263 e. The summed E-state index contributed by atoms with van der Waals surface area (Å²) in [6.45, 7) is 2.30. The van der Waals surface area contributed by atoms with Crippen molar-refractivity contribution < 1.29 is 17.9 Å². The van der Waals surface area contributed by atoms with E-state index in [0.717, 1.165) is 43.4 Å². The molecule has 2 aliphatic heterocycles. The molecular weight excluding hydrogens is 398 g/mol. The van der Waals surface area contributed by atoms with Crippen molar-refractivity contribution in [3.63, 3.8) is 0 Å². The summed E-state index contributed by atoms with van der Waals surface area (Å²) in [4.78, 5) is 13.2. The lowest BCUT2D eigenvalue weighted by Crippen LogP contribution is -2.35. The van der Waals surface area contributed by atoms with Gasteiger partial charge in [-0.1, -0.05) is 6.42 Å². The zero-order valence-electron chi connectivity index (χ0n) is 15.6. The average molecular weight is 424 g/mol. The number of nitrogens with one attached hydrogen (secondary N) is 1. The van der Waals surface area contributed by atoms with Crippen molar-refractivity contribution in [3.8, 4) is 0 Å². The molecule has 0 radical (unpaired) electrons. The Morgan fingerprint density at radius 2 is 2.04 bits per heavy atom. The van der Waals surface area contributed by atoms with Crippen molar-refractivity contribution in [1.29, 1.82) is 0 Å². The quantitative estimate of drug-likeness (QED) is 0.770. The van der Waals surface area contributed by atoms with Crippen molar-refractivity contribution in [3.05, 3.63) is 23.1 Å². The largest absolute Gasteiger partial charge is 0.397 e. The number of thiophene rings is 1. The van der Waals surface area contributed by atoms with Gasteiger partial charge in [0.15, 0.2) is 0 Å². The predicted molar refractivity (Wildman–Crippen MR) is 110 cm³/mol. The number of rotatable bonds is 5. The van der Waals surface area contributed by atoms with Crippen LogP contribution in [0.2, 0.25) is 0 Å². The molecule has 0 aliphatic carbocycles. The molecule has 2 fully saturated rings. The van der Waals surface area contributed by atoms with Crippen LogP contribution in [0, 0.1) is 0 Å². The lowest BCUT2D eigenvalue weighted by Gasteiger charge is -2.25. The predicted octanol–water partition coefficient (Wildman–Crippen LogP) is 2.57. The van der Waals surface area contributed by atoms with Gasteiger partial charge in [-0.15, -0.1) is 11.3 Å². The van der Waals surface area contributed by atoms with Crippen LogP contribution in [0.5, 0.6) is 0 Å². The van der Waals surface area contributed by atoms with E-state index in [2.05, 4.69) is 5.32 Å². The van der Waals surface area contributed by atoms with E-state index in [1.807, 2.05) is 0 Å². The number of benzene rings is 1. The summed E-state index contributed by atoms with van der Waals surface area (Å²) in [5.74, 6) is -0.241. The van der Waals surface area contributed by atoms with Crippen LogP contribution in [0.25, 0.3) is 10.1 Å². The Kier molecular flexibility index (Phi) is 5.59. The SMILES string of the molecule is Nc1c(C(=O)NC[C@@H]2CCCO2)sc2ccc(S(=O)(=O)N3CCCCC3)cc12. The van der Waals surface area contributed by atoms with Gasteiger partial charge in [0.2, 0.25) is 10.0 Å². The van der Waals surface area contributed by atoms with Gasteiger partial charge in [-0.05, 0) is 43.9 Å². The van der Waals surface area contributed by atoms with Crippen LogP contribution in [0.3, 0.4) is 0 Å². The number of hydrogen-bond donors (Lipinski definition) is 2. The Balaban J connectivity index is 1.58. The second-order valence-electron chi connectivity index (χ2n) is 7.31. The summed E-state index contributed by atoms with van der Waals surface area (Å²) >= 11 is 1.28. The fourth-order valence-electron chi connectivity index (χ4n) is 3.77. The summed E-state index contributed by atoms with van der Waals surface area (Å²) in [5.41, 5.74) is 6.56. The molecule has 1 aromatic heterocycles. The Morgan fingerprint density at radius 3 is 2.75 bits per heavy atom. The van der Waals surface area contributed by atoms with Gasteiger partial charge in [0, 0.05) is 36.3 Å². The molecule has 9 heteroatoms. The molecule has 1 amide bonds. The van der Waals surface area contributed by atoms with E-state index >= 15 is 0 Å². The second kappa shape index (κ2) is 7.98. The zero-order valence-corrected chi connectivity index (χ0v) is 17.3. The highest BCUT2D eigenvalue weighted by molar-refractivity contribution is 7.89. The number of piperidine rings is 1. The van der Waals surface area contributed by atoms with Gasteiger partial charge in [0.1, 0.15) is 4.88 Å². The molecule has 3 heterocycles. The van der Waals surface area contributed by atoms with Crippen LogP contribution >= 0.6 is 11.3 Å². The molecule has 1 aromatic carbocycles. The molecule has 2 saturated heterocycles. The maximum absolute atomic E-state index is 12.9. The molecule has 1 atom stereocenters. The fraction of sp³-hybridized carbons (Fsp3) is 0.526. The zero-order chi connectivity index (χ0) is 19.7. The highest BCUT2D eigenvalue weighted by atomic mass is 32.2. The number of sulfonamides is 1. The molecule has 0 bridgehead atoms. The van der Waals surface area contributed by atoms with Crippen molar-refractivity contribution >= 4 is 43.0 Å². The third-order valence-corrected chi connectivity index (χ3v) is 8.45. The first-order valence-electron chi connectivity index (χ1n) is 9.69. The van der Waals surface area contributed by atoms with Crippen molar-refractivity contribution in [2.75, 3.05) is 32.0 Å². The number of nitrogens with zero attached hydrogens (tertiary/aromatic N) is 1. The van der Waals surface area contributed by atoms with Gasteiger partial charge in [-0.3, -0.25) is 4.79 Å². The molecule has 4 rings (SSSR count). The lowest BCUT2D eigenvalue weighted by atomic mass is 10.2. The Labute approximate surface area is 168 Å². The van der Waals surface area contributed by atoms with Gasteiger partial charge >= 0.3 is 0 Å². The highest BCUT2D eigenvalue weighted by Gasteiger charge is 2.27. The molecule has 28 heavy (non-hydrogen) atoms. The molecular formula is C19H25N3O4S2. The van der Waals surface area contributed by atoms with Gasteiger partial charge in [0.25, 0.3) is 5.91 Å². The molecule has 2 aromatic rings. The van der Waals surface area contributed by atoms with E-state index in [9.17, 15) is 13.2 Å². The summed E-state index contributed by atoms with van der Waals surface area (Å²) in [6.07, 6.45) is 4.85. The second-order valence-corrected chi connectivity index (χ2v) is 10.3. The highest BCUT2D eigenvalue weighted by Crippen LogP contribution is 2.36. The Hall–Kier alpha value is -1.68. The van der Waals surface area contributed by atoms with Crippen LogP contribution in [-0.2, 0) is 14.8 Å². The monoisotopic (exact) mass is 423 g/mol. The summed E-state index contributed by atoms with van der Waals surface area (Å²) in [5, 5.41) is 3.50. The van der Waals surface area contributed by atoms with E-state index < -0.39 is 10.0 Å². The van der Waals surface area contributed by atoms with Crippen LogP contribution in [0.1, 0.15) is 41.8 Å². The van der Waals surface area contributed by atoms with Gasteiger partial charge in [0.05, 0.1) is 16.7 Å². The number of nitrogens with two attached hydrogens (primary N) is 1. The first-order chi connectivity index (χ1) is 13.5. The van der Waals surface area contributed by atoms with Crippen molar-refractivity contribution in [1.82, 2.24) is 9.62 Å². The number of ether oxygens (including phenoxy) is 1. The van der Waals surface area contributed by atoms with Crippen LogP contribution in [0.15, 0.2) is 23.1 Å². The number of anilines is 1. The van der Waals surface area contributed by atoms with Crippen LogP contribution in [-0.4, -0.2) is 51.0 Å². The fourth-order valence-corrected chi connectivity index (χ4v) is 6.33. The lowest BCUT2D eigenvalue weighted by molar-refractivity contribution is 0.0862. The summed E-state index contributed by atoms with van der Waals surface area (Å²) in [6, 6.07) is 4.95. The number of amides is 1. The topological polar surface area (TPSA) is 102 Å². The third kappa shape index (κ3) is 3.76. The minimum atomic E-state index is -3.54. The average Bonchev–Trinajstić information content (AvgIpc) is 3.35. The number of nitrogen functional groups attached to an aromatic ring is 1. The Morgan fingerprint density at radius 1 is 1.25 bits per heavy atom. The van der Waals surface area contributed by atoms with E-state index in [0.29, 0.717) is 35.6 Å². The molecule has 7 nitrogen and oxygen atoms in total. The maximum atomic E-state index is 12.9.